The molecule has 1 aliphatic carbocycles. The molecule has 3 nitrogen and oxygen atoms in total. The van der Waals surface area contributed by atoms with E-state index in [-0.39, 0.29) is 22.5 Å². The molecular weight excluding hydrogens is 258 g/mol. The van der Waals surface area contributed by atoms with E-state index in [2.05, 4.69) is 12.2 Å². The van der Waals surface area contributed by atoms with E-state index < -0.39 is 9.84 Å². The molecule has 0 heterocycles. The van der Waals surface area contributed by atoms with Crippen LogP contribution in [-0.4, -0.2) is 31.5 Å². The number of hydrogen-bond acceptors (Lipinski definition) is 3. The van der Waals surface area contributed by atoms with Gasteiger partial charge in [0, 0.05) is 6.04 Å². The first-order valence-corrected chi connectivity index (χ1v) is 9.48. The van der Waals surface area contributed by atoms with Crippen molar-refractivity contribution in [2.45, 2.75) is 82.8 Å². The highest BCUT2D eigenvalue weighted by molar-refractivity contribution is 7.92. The zero-order chi connectivity index (χ0) is 14.5. The predicted molar refractivity (Wildman–Crippen MR) is 82.2 cm³/mol. The average molecular weight is 289 g/mol. The van der Waals surface area contributed by atoms with Crippen molar-refractivity contribution in [2.24, 2.45) is 5.92 Å². The van der Waals surface area contributed by atoms with Crippen molar-refractivity contribution in [2.75, 3.05) is 6.54 Å². The van der Waals surface area contributed by atoms with Gasteiger partial charge in [0.15, 0.2) is 9.84 Å². The van der Waals surface area contributed by atoms with Crippen LogP contribution in [0.3, 0.4) is 0 Å². The maximum atomic E-state index is 12.8. The quantitative estimate of drug-likeness (QED) is 0.845. The summed E-state index contributed by atoms with van der Waals surface area (Å²) in [6.07, 6.45) is 6.46. The van der Waals surface area contributed by atoms with Crippen LogP contribution < -0.4 is 5.32 Å². The first kappa shape index (κ1) is 17.0. The lowest BCUT2D eigenvalue weighted by Crippen LogP contribution is -2.48. The minimum atomic E-state index is -3.03. The highest BCUT2D eigenvalue weighted by atomic mass is 32.2. The monoisotopic (exact) mass is 289 g/mol. The summed E-state index contributed by atoms with van der Waals surface area (Å²) >= 11 is 0. The summed E-state index contributed by atoms with van der Waals surface area (Å²) in [6, 6.07) is 0.150. The molecule has 1 N–H and O–H groups in total. The maximum absolute atomic E-state index is 12.8. The molecule has 1 aliphatic rings. The van der Waals surface area contributed by atoms with Crippen LogP contribution in [0.1, 0.15) is 66.2 Å². The van der Waals surface area contributed by atoms with Gasteiger partial charge in [0.05, 0.1) is 10.5 Å². The molecule has 3 unspecified atom stereocenters. The molecule has 19 heavy (non-hydrogen) atoms. The lowest BCUT2D eigenvalue weighted by Gasteiger charge is -2.32. The highest BCUT2D eigenvalue weighted by Crippen LogP contribution is 2.27. The Bertz CT molecular complexity index is 351. The third kappa shape index (κ3) is 4.45. The van der Waals surface area contributed by atoms with Crippen LogP contribution in [0, 0.1) is 5.92 Å². The zero-order valence-electron chi connectivity index (χ0n) is 13.0. The lowest BCUT2D eigenvalue weighted by molar-refractivity contribution is 0.388. The van der Waals surface area contributed by atoms with E-state index in [0.717, 1.165) is 32.2 Å². The van der Waals surface area contributed by atoms with Gasteiger partial charge >= 0.3 is 0 Å². The molecule has 1 saturated carbocycles. The van der Waals surface area contributed by atoms with Gasteiger partial charge in [-0.25, -0.2) is 8.42 Å². The molecule has 0 bridgehead atoms. The minimum absolute atomic E-state index is 0.150. The first-order valence-electron chi connectivity index (χ1n) is 7.87. The highest BCUT2D eigenvalue weighted by Gasteiger charge is 2.37. The Morgan fingerprint density at radius 3 is 2.16 bits per heavy atom. The molecule has 1 rings (SSSR count). The van der Waals surface area contributed by atoms with Gasteiger partial charge in [-0.1, -0.05) is 46.5 Å². The zero-order valence-corrected chi connectivity index (χ0v) is 13.8. The van der Waals surface area contributed by atoms with Crippen molar-refractivity contribution < 1.29 is 8.42 Å². The van der Waals surface area contributed by atoms with Gasteiger partial charge in [0.1, 0.15) is 0 Å². The fourth-order valence-electron chi connectivity index (χ4n) is 2.99. The SMILES string of the molecule is CCNC1CCCCCCC1S(=O)(=O)C(C)C(C)C. The Hall–Kier alpha value is -0.0900. The van der Waals surface area contributed by atoms with E-state index in [1.54, 1.807) is 0 Å². The third-order valence-corrected chi connectivity index (χ3v) is 7.54. The summed E-state index contributed by atoms with van der Waals surface area (Å²) in [5.41, 5.74) is 0. The van der Waals surface area contributed by atoms with Crippen molar-refractivity contribution >= 4 is 9.84 Å². The second kappa shape index (κ2) is 7.63. The smallest absolute Gasteiger partial charge is 0.157 e. The van der Waals surface area contributed by atoms with E-state index in [0.29, 0.717) is 0 Å². The fraction of sp³-hybridized carbons (Fsp3) is 1.00. The standard InChI is InChI=1S/C15H31NO2S/c1-5-16-14-10-8-6-7-9-11-15(14)19(17,18)13(4)12(2)3/h12-16H,5-11H2,1-4H3. The van der Waals surface area contributed by atoms with Gasteiger partial charge in [-0.15, -0.1) is 0 Å². The molecule has 0 radical (unpaired) electrons. The van der Waals surface area contributed by atoms with Gasteiger partial charge in [0.25, 0.3) is 0 Å². The molecular formula is C15H31NO2S. The molecule has 0 amide bonds. The minimum Gasteiger partial charge on any atom is -0.313 e. The van der Waals surface area contributed by atoms with Gasteiger partial charge in [-0.3, -0.25) is 0 Å². The molecule has 0 aromatic rings. The van der Waals surface area contributed by atoms with Gasteiger partial charge in [-0.2, -0.15) is 0 Å². The summed E-state index contributed by atoms with van der Waals surface area (Å²) < 4.78 is 25.7. The van der Waals surface area contributed by atoms with Crippen molar-refractivity contribution in [3.05, 3.63) is 0 Å². The van der Waals surface area contributed by atoms with Gasteiger partial charge in [-0.05, 0) is 32.2 Å². The Morgan fingerprint density at radius 1 is 1.05 bits per heavy atom. The molecule has 0 saturated heterocycles. The van der Waals surface area contributed by atoms with Crippen LogP contribution in [-0.2, 0) is 9.84 Å². The molecule has 0 aromatic heterocycles. The van der Waals surface area contributed by atoms with Crippen LogP contribution >= 0.6 is 0 Å². The van der Waals surface area contributed by atoms with E-state index >= 15 is 0 Å². The summed E-state index contributed by atoms with van der Waals surface area (Å²) in [4.78, 5) is 0. The number of hydrogen-bond donors (Lipinski definition) is 1. The van der Waals surface area contributed by atoms with Gasteiger partial charge in [0.2, 0.25) is 0 Å². The Kier molecular flexibility index (Phi) is 6.81. The van der Waals surface area contributed by atoms with Crippen LogP contribution in [0.15, 0.2) is 0 Å². The third-order valence-electron chi connectivity index (χ3n) is 4.55. The molecule has 0 spiro atoms. The summed E-state index contributed by atoms with van der Waals surface area (Å²) in [6.45, 7) is 8.81. The van der Waals surface area contributed by atoms with Crippen LogP contribution in [0.2, 0.25) is 0 Å². The average Bonchev–Trinajstić information content (AvgIpc) is 2.31. The normalized spacial score (nSPS) is 27.8. The molecule has 4 heteroatoms. The Labute approximate surface area is 119 Å². The van der Waals surface area contributed by atoms with Crippen LogP contribution in [0.5, 0.6) is 0 Å². The predicted octanol–water partition coefficient (Wildman–Crippen LogP) is 3.15. The summed E-state index contributed by atoms with van der Waals surface area (Å²) in [7, 11) is -3.03. The van der Waals surface area contributed by atoms with E-state index in [1.165, 1.54) is 12.8 Å². The second-order valence-corrected chi connectivity index (χ2v) is 8.76. The number of sulfone groups is 1. The van der Waals surface area contributed by atoms with Crippen LogP contribution in [0.4, 0.5) is 0 Å². The van der Waals surface area contributed by atoms with Crippen molar-refractivity contribution in [3.8, 4) is 0 Å². The fourth-order valence-corrected chi connectivity index (χ4v) is 5.49. The molecule has 1 fully saturated rings. The van der Waals surface area contributed by atoms with Gasteiger partial charge < -0.3 is 5.32 Å². The number of nitrogens with one attached hydrogen (secondary N) is 1. The van der Waals surface area contributed by atoms with Crippen molar-refractivity contribution in [1.82, 2.24) is 5.32 Å². The topological polar surface area (TPSA) is 46.2 Å². The molecule has 0 aliphatic heterocycles. The van der Waals surface area contributed by atoms with Crippen molar-refractivity contribution in [1.29, 1.82) is 0 Å². The number of rotatable bonds is 5. The largest absolute Gasteiger partial charge is 0.313 e. The van der Waals surface area contributed by atoms with Crippen molar-refractivity contribution in [3.63, 3.8) is 0 Å². The second-order valence-electron chi connectivity index (χ2n) is 6.23. The molecule has 3 atom stereocenters. The van der Waals surface area contributed by atoms with E-state index in [1.807, 2.05) is 20.8 Å². The van der Waals surface area contributed by atoms with E-state index in [4.69, 9.17) is 0 Å². The first-order chi connectivity index (χ1) is 8.91. The summed E-state index contributed by atoms with van der Waals surface area (Å²) in [5.74, 6) is 0.192. The lowest BCUT2D eigenvalue weighted by atomic mass is 9.96. The van der Waals surface area contributed by atoms with E-state index in [9.17, 15) is 8.42 Å². The van der Waals surface area contributed by atoms with Crippen LogP contribution in [0.25, 0.3) is 0 Å². The Balaban J connectivity index is 2.94. The maximum Gasteiger partial charge on any atom is 0.157 e. The molecule has 114 valence electrons. The molecule has 0 aromatic carbocycles. The summed E-state index contributed by atoms with van der Waals surface area (Å²) in [5, 5.41) is 3.00. The Morgan fingerprint density at radius 2 is 1.63 bits per heavy atom.